The molecule has 0 aromatic heterocycles. The van der Waals surface area contributed by atoms with Gasteiger partial charge >= 0.3 is 0 Å². The van der Waals surface area contributed by atoms with Gasteiger partial charge in [0, 0.05) is 18.7 Å². The lowest BCUT2D eigenvalue weighted by Crippen LogP contribution is -2.19. The van der Waals surface area contributed by atoms with Crippen LogP contribution in [0.15, 0.2) is 29.8 Å². The second kappa shape index (κ2) is 9.81. The minimum atomic E-state index is 0.745. The van der Waals surface area contributed by atoms with Gasteiger partial charge in [0.1, 0.15) is 5.75 Å². The Labute approximate surface area is 126 Å². The van der Waals surface area contributed by atoms with Crippen molar-refractivity contribution in [3.8, 4) is 5.75 Å². The van der Waals surface area contributed by atoms with Crippen molar-refractivity contribution in [3.63, 3.8) is 0 Å². The average molecular weight is 298 g/mol. The maximum atomic E-state index is 6.04. The number of allylic oxidation sites excluding steroid dienone is 1. The van der Waals surface area contributed by atoms with E-state index in [0.29, 0.717) is 0 Å². The Bertz CT molecular complexity index is 432. The summed E-state index contributed by atoms with van der Waals surface area (Å²) in [5, 5.41) is 4.07. The summed E-state index contributed by atoms with van der Waals surface area (Å²) in [6.45, 7) is 4.75. The molecular weight excluding hydrogens is 274 g/mol. The monoisotopic (exact) mass is 297 g/mol. The van der Waals surface area contributed by atoms with Crippen molar-refractivity contribution in [2.75, 3.05) is 33.9 Å². The summed E-state index contributed by atoms with van der Waals surface area (Å²) in [5.74, 6) is 0.889. The van der Waals surface area contributed by atoms with Crippen LogP contribution in [0, 0.1) is 0 Å². The molecule has 0 fully saturated rings. The number of hydrogen-bond acceptors (Lipinski definition) is 3. The summed E-state index contributed by atoms with van der Waals surface area (Å²) in [6.07, 6.45) is 4.13. The summed E-state index contributed by atoms with van der Waals surface area (Å²) in [4.78, 5) is 0. The van der Waals surface area contributed by atoms with Crippen LogP contribution in [-0.2, 0) is 11.2 Å². The van der Waals surface area contributed by atoms with Crippen LogP contribution in [-0.4, -0.2) is 33.9 Å². The van der Waals surface area contributed by atoms with Gasteiger partial charge in [-0.2, -0.15) is 0 Å². The minimum Gasteiger partial charge on any atom is -0.496 e. The summed E-state index contributed by atoms with van der Waals surface area (Å²) < 4.78 is 10.3. The van der Waals surface area contributed by atoms with Gasteiger partial charge in [-0.05, 0) is 50.1 Å². The smallest absolute Gasteiger partial charge is 0.122 e. The zero-order valence-corrected chi connectivity index (χ0v) is 13.3. The van der Waals surface area contributed by atoms with Gasteiger partial charge in [0.05, 0.1) is 13.7 Å². The van der Waals surface area contributed by atoms with Crippen molar-refractivity contribution in [1.82, 2.24) is 5.32 Å². The molecule has 3 nitrogen and oxygen atoms in total. The van der Waals surface area contributed by atoms with Gasteiger partial charge in [0.2, 0.25) is 0 Å². The van der Waals surface area contributed by atoms with Gasteiger partial charge in [-0.15, -0.1) is 0 Å². The molecule has 1 N–H and O–H groups in total. The first-order chi connectivity index (χ1) is 9.67. The van der Waals surface area contributed by atoms with Gasteiger partial charge < -0.3 is 14.8 Å². The first-order valence-electron chi connectivity index (χ1n) is 6.85. The fourth-order valence-corrected chi connectivity index (χ4v) is 2.17. The predicted octanol–water partition coefficient (Wildman–Crippen LogP) is 3.46. The minimum absolute atomic E-state index is 0.745. The second-order valence-electron chi connectivity index (χ2n) is 4.71. The van der Waals surface area contributed by atoms with E-state index < -0.39 is 0 Å². The van der Waals surface area contributed by atoms with Crippen LogP contribution in [0.1, 0.15) is 18.9 Å². The van der Waals surface area contributed by atoms with E-state index in [9.17, 15) is 0 Å². The van der Waals surface area contributed by atoms with Crippen molar-refractivity contribution in [2.45, 2.75) is 19.8 Å². The molecule has 0 aliphatic carbocycles. The van der Waals surface area contributed by atoms with E-state index in [1.165, 1.54) is 5.57 Å². The molecule has 0 bridgehead atoms. The van der Waals surface area contributed by atoms with E-state index in [1.54, 1.807) is 14.2 Å². The van der Waals surface area contributed by atoms with Gasteiger partial charge in [0.15, 0.2) is 0 Å². The van der Waals surface area contributed by atoms with E-state index in [1.807, 2.05) is 18.2 Å². The molecule has 0 amide bonds. The zero-order chi connectivity index (χ0) is 14.8. The molecule has 0 saturated carbocycles. The highest BCUT2D eigenvalue weighted by atomic mass is 35.5. The van der Waals surface area contributed by atoms with Crippen LogP contribution in [0.2, 0.25) is 5.02 Å². The van der Waals surface area contributed by atoms with E-state index in [2.05, 4.69) is 18.3 Å². The maximum Gasteiger partial charge on any atom is 0.122 e. The normalized spacial score (nSPS) is 11.7. The Morgan fingerprint density at radius 1 is 1.30 bits per heavy atom. The van der Waals surface area contributed by atoms with E-state index in [-0.39, 0.29) is 0 Å². The third-order valence-electron chi connectivity index (χ3n) is 3.01. The fraction of sp³-hybridized carbons (Fsp3) is 0.500. The second-order valence-corrected chi connectivity index (χ2v) is 5.15. The molecule has 0 saturated heterocycles. The topological polar surface area (TPSA) is 30.5 Å². The van der Waals surface area contributed by atoms with Gasteiger partial charge in [-0.1, -0.05) is 23.3 Å². The predicted molar refractivity (Wildman–Crippen MR) is 84.8 cm³/mol. The van der Waals surface area contributed by atoms with E-state index in [0.717, 1.165) is 48.9 Å². The molecule has 0 aliphatic rings. The van der Waals surface area contributed by atoms with Gasteiger partial charge in [-0.25, -0.2) is 0 Å². The van der Waals surface area contributed by atoms with Crippen LogP contribution in [0.5, 0.6) is 5.75 Å². The highest BCUT2D eigenvalue weighted by Gasteiger charge is 2.04. The Hall–Kier alpha value is -1.03. The van der Waals surface area contributed by atoms with Crippen molar-refractivity contribution in [3.05, 3.63) is 40.4 Å². The highest BCUT2D eigenvalue weighted by molar-refractivity contribution is 6.30. The average Bonchev–Trinajstić information content (AvgIpc) is 2.43. The van der Waals surface area contributed by atoms with Gasteiger partial charge in [-0.3, -0.25) is 0 Å². The first-order valence-corrected chi connectivity index (χ1v) is 7.23. The third-order valence-corrected chi connectivity index (χ3v) is 3.24. The van der Waals surface area contributed by atoms with Crippen LogP contribution in [0.4, 0.5) is 0 Å². The van der Waals surface area contributed by atoms with Crippen molar-refractivity contribution in [2.24, 2.45) is 0 Å². The summed E-state index contributed by atoms with van der Waals surface area (Å²) >= 11 is 6.04. The Morgan fingerprint density at radius 2 is 2.10 bits per heavy atom. The standard InChI is InChI=1S/C16H24ClNO2/c1-13(5-4-8-18-9-10-19-2)11-14-12-15(17)6-7-16(14)20-3/h5-7,12,18H,4,8-11H2,1-3H3. The Balaban J connectivity index is 2.44. The number of methoxy groups -OCH3 is 2. The summed E-state index contributed by atoms with van der Waals surface area (Å²) in [7, 11) is 3.40. The molecule has 20 heavy (non-hydrogen) atoms. The molecule has 0 heterocycles. The van der Waals surface area contributed by atoms with Crippen LogP contribution >= 0.6 is 11.6 Å². The maximum absolute atomic E-state index is 6.04. The molecule has 1 aromatic rings. The molecule has 0 radical (unpaired) electrons. The Morgan fingerprint density at radius 3 is 2.80 bits per heavy atom. The quantitative estimate of drug-likeness (QED) is 0.559. The molecular formula is C16H24ClNO2. The number of rotatable bonds is 9. The van der Waals surface area contributed by atoms with Crippen LogP contribution < -0.4 is 10.1 Å². The fourth-order valence-electron chi connectivity index (χ4n) is 1.98. The van der Waals surface area contributed by atoms with E-state index >= 15 is 0 Å². The number of benzene rings is 1. The third kappa shape index (κ3) is 6.42. The van der Waals surface area contributed by atoms with Crippen LogP contribution in [0.25, 0.3) is 0 Å². The van der Waals surface area contributed by atoms with Gasteiger partial charge in [0.25, 0.3) is 0 Å². The van der Waals surface area contributed by atoms with Crippen LogP contribution in [0.3, 0.4) is 0 Å². The molecule has 1 aromatic carbocycles. The van der Waals surface area contributed by atoms with Crippen molar-refractivity contribution in [1.29, 1.82) is 0 Å². The number of halogens is 1. The van der Waals surface area contributed by atoms with Crippen molar-refractivity contribution >= 4 is 11.6 Å². The Kier molecular flexibility index (Phi) is 8.35. The number of ether oxygens (including phenoxy) is 2. The molecule has 0 atom stereocenters. The lowest BCUT2D eigenvalue weighted by atomic mass is 10.0. The number of hydrogen-bond donors (Lipinski definition) is 1. The summed E-state index contributed by atoms with van der Waals surface area (Å²) in [5.41, 5.74) is 2.44. The molecule has 1 rings (SSSR count). The zero-order valence-electron chi connectivity index (χ0n) is 12.5. The number of nitrogens with one attached hydrogen (secondary N) is 1. The molecule has 112 valence electrons. The largest absolute Gasteiger partial charge is 0.496 e. The highest BCUT2D eigenvalue weighted by Crippen LogP contribution is 2.25. The lowest BCUT2D eigenvalue weighted by Gasteiger charge is -2.09. The van der Waals surface area contributed by atoms with Crippen molar-refractivity contribution < 1.29 is 9.47 Å². The molecule has 0 spiro atoms. The summed E-state index contributed by atoms with van der Waals surface area (Å²) in [6, 6.07) is 5.73. The van der Waals surface area contributed by atoms with E-state index in [4.69, 9.17) is 21.1 Å². The molecule has 0 unspecified atom stereocenters. The SMILES string of the molecule is COCCNCCC=C(C)Cc1cc(Cl)ccc1OC. The lowest BCUT2D eigenvalue weighted by molar-refractivity contribution is 0.199. The first kappa shape index (κ1) is 17.0. The molecule has 4 heteroatoms. The molecule has 0 aliphatic heterocycles.